The number of rotatable bonds is 10. The molecular formula is C21H25NO5. The van der Waals surface area contributed by atoms with Gasteiger partial charge in [-0.15, -0.1) is 0 Å². The molecule has 0 atom stereocenters. The summed E-state index contributed by atoms with van der Waals surface area (Å²) < 4.78 is 15.9. The van der Waals surface area contributed by atoms with Gasteiger partial charge in [0, 0.05) is 17.9 Å². The Balaban J connectivity index is 1.93. The second-order valence-corrected chi connectivity index (χ2v) is 5.74. The van der Waals surface area contributed by atoms with Crippen LogP contribution in [0.25, 0.3) is 0 Å². The van der Waals surface area contributed by atoms with Gasteiger partial charge < -0.3 is 19.5 Å². The lowest BCUT2D eigenvalue weighted by Gasteiger charge is -2.09. The molecule has 6 nitrogen and oxygen atoms in total. The summed E-state index contributed by atoms with van der Waals surface area (Å²) in [7, 11) is 0. The van der Waals surface area contributed by atoms with Crippen molar-refractivity contribution >= 4 is 17.6 Å². The highest BCUT2D eigenvalue weighted by Crippen LogP contribution is 2.16. The molecule has 27 heavy (non-hydrogen) atoms. The lowest BCUT2D eigenvalue weighted by atomic mass is 10.1. The summed E-state index contributed by atoms with van der Waals surface area (Å²) in [5.74, 6) is -0.0189. The lowest BCUT2D eigenvalue weighted by molar-refractivity contribution is 0.0505. The molecule has 0 fully saturated rings. The lowest BCUT2D eigenvalue weighted by Crippen LogP contribution is -2.13. The van der Waals surface area contributed by atoms with Crippen molar-refractivity contribution < 1.29 is 23.8 Å². The minimum absolute atomic E-state index is 0.258. The van der Waals surface area contributed by atoms with E-state index in [0.29, 0.717) is 49.0 Å². The maximum absolute atomic E-state index is 12.4. The van der Waals surface area contributed by atoms with Gasteiger partial charge in [0.1, 0.15) is 12.4 Å². The van der Waals surface area contributed by atoms with E-state index in [1.165, 1.54) is 0 Å². The number of amides is 1. The van der Waals surface area contributed by atoms with E-state index in [4.69, 9.17) is 14.2 Å². The van der Waals surface area contributed by atoms with E-state index >= 15 is 0 Å². The molecule has 0 aromatic heterocycles. The molecule has 1 amide bonds. The Morgan fingerprint density at radius 1 is 0.926 bits per heavy atom. The largest absolute Gasteiger partial charge is 0.491 e. The van der Waals surface area contributed by atoms with Crippen LogP contribution in [0, 0.1) is 0 Å². The highest BCUT2D eigenvalue weighted by Gasteiger charge is 2.10. The number of nitrogens with one attached hydrogen (secondary N) is 1. The molecular weight excluding hydrogens is 346 g/mol. The van der Waals surface area contributed by atoms with Crippen molar-refractivity contribution in [1.29, 1.82) is 0 Å². The number of esters is 1. The number of anilines is 1. The van der Waals surface area contributed by atoms with E-state index in [0.717, 1.165) is 6.42 Å². The molecule has 0 saturated carbocycles. The molecule has 2 aromatic rings. The van der Waals surface area contributed by atoms with Crippen LogP contribution in [0.1, 0.15) is 41.0 Å². The molecule has 0 aliphatic rings. The number of benzene rings is 2. The standard InChI is InChI=1S/C21H25NO5/c1-3-12-27-21(24)16-8-10-18(11-9-16)22-20(23)17-6-5-7-19(15-17)26-14-13-25-4-2/h5-11,15H,3-4,12-14H2,1-2H3,(H,22,23). The minimum Gasteiger partial charge on any atom is -0.491 e. The van der Waals surface area contributed by atoms with Crippen LogP contribution < -0.4 is 10.1 Å². The predicted octanol–water partition coefficient (Wildman–Crippen LogP) is 3.92. The third-order valence-electron chi connectivity index (χ3n) is 3.61. The van der Waals surface area contributed by atoms with E-state index in [9.17, 15) is 9.59 Å². The van der Waals surface area contributed by atoms with Crippen molar-refractivity contribution in [3.8, 4) is 5.75 Å². The van der Waals surface area contributed by atoms with Gasteiger partial charge in [-0.1, -0.05) is 13.0 Å². The first kappa shape index (κ1) is 20.5. The number of hydrogen-bond acceptors (Lipinski definition) is 5. The molecule has 2 aromatic carbocycles. The van der Waals surface area contributed by atoms with Gasteiger partial charge in [-0.2, -0.15) is 0 Å². The Kier molecular flexibility index (Phi) is 8.32. The van der Waals surface area contributed by atoms with E-state index in [1.807, 2.05) is 13.8 Å². The maximum Gasteiger partial charge on any atom is 0.338 e. The van der Waals surface area contributed by atoms with Gasteiger partial charge in [0.15, 0.2) is 0 Å². The van der Waals surface area contributed by atoms with Gasteiger partial charge in [0.05, 0.1) is 18.8 Å². The van der Waals surface area contributed by atoms with Crippen LogP contribution in [0.2, 0.25) is 0 Å². The van der Waals surface area contributed by atoms with Crippen molar-refractivity contribution in [2.24, 2.45) is 0 Å². The summed E-state index contributed by atoms with van der Waals surface area (Å²) in [5, 5.41) is 2.80. The van der Waals surface area contributed by atoms with Crippen LogP contribution in [0.15, 0.2) is 48.5 Å². The Hall–Kier alpha value is -2.86. The third kappa shape index (κ3) is 6.75. The highest BCUT2D eigenvalue weighted by molar-refractivity contribution is 6.04. The number of carbonyl (C=O) groups is 2. The molecule has 0 unspecified atom stereocenters. The first-order chi connectivity index (χ1) is 13.1. The maximum atomic E-state index is 12.4. The number of hydrogen-bond donors (Lipinski definition) is 1. The van der Waals surface area contributed by atoms with Gasteiger partial charge in [0.2, 0.25) is 0 Å². The molecule has 0 saturated heterocycles. The molecule has 0 heterocycles. The normalized spacial score (nSPS) is 10.3. The second-order valence-electron chi connectivity index (χ2n) is 5.74. The zero-order valence-corrected chi connectivity index (χ0v) is 15.7. The Labute approximate surface area is 159 Å². The van der Waals surface area contributed by atoms with Gasteiger partial charge >= 0.3 is 5.97 Å². The van der Waals surface area contributed by atoms with Gasteiger partial charge in [0.25, 0.3) is 5.91 Å². The molecule has 6 heteroatoms. The summed E-state index contributed by atoms with van der Waals surface area (Å²) in [4.78, 5) is 24.2. The predicted molar refractivity (Wildman–Crippen MR) is 103 cm³/mol. The fraction of sp³-hybridized carbons (Fsp3) is 0.333. The molecule has 0 aliphatic heterocycles. The SMILES string of the molecule is CCCOC(=O)c1ccc(NC(=O)c2cccc(OCCOCC)c2)cc1. The van der Waals surface area contributed by atoms with Crippen molar-refractivity contribution in [2.45, 2.75) is 20.3 Å². The van der Waals surface area contributed by atoms with Crippen molar-refractivity contribution in [1.82, 2.24) is 0 Å². The summed E-state index contributed by atoms with van der Waals surface area (Å²) in [6.07, 6.45) is 0.772. The van der Waals surface area contributed by atoms with E-state index < -0.39 is 0 Å². The number of carbonyl (C=O) groups excluding carboxylic acids is 2. The first-order valence-electron chi connectivity index (χ1n) is 9.03. The monoisotopic (exact) mass is 371 g/mol. The van der Waals surface area contributed by atoms with Gasteiger partial charge in [-0.3, -0.25) is 4.79 Å². The van der Waals surface area contributed by atoms with Crippen LogP contribution >= 0.6 is 0 Å². The Morgan fingerprint density at radius 3 is 2.41 bits per heavy atom. The Bertz CT molecular complexity index is 742. The van der Waals surface area contributed by atoms with Crippen molar-refractivity contribution in [3.63, 3.8) is 0 Å². The summed E-state index contributed by atoms with van der Waals surface area (Å²) in [6, 6.07) is 13.5. The smallest absolute Gasteiger partial charge is 0.338 e. The van der Waals surface area contributed by atoms with E-state index in [-0.39, 0.29) is 11.9 Å². The topological polar surface area (TPSA) is 73.9 Å². The van der Waals surface area contributed by atoms with E-state index in [2.05, 4.69) is 5.32 Å². The quantitative estimate of drug-likeness (QED) is 0.506. The van der Waals surface area contributed by atoms with Crippen molar-refractivity contribution in [3.05, 3.63) is 59.7 Å². The van der Waals surface area contributed by atoms with Crippen LogP contribution in [-0.4, -0.2) is 38.3 Å². The molecule has 1 N–H and O–H groups in total. The van der Waals surface area contributed by atoms with Gasteiger partial charge in [-0.05, 0) is 55.8 Å². The second kappa shape index (κ2) is 11.0. The van der Waals surface area contributed by atoms with Crippen LogP contribution in [-0.2, 0) is 9.47 Å². The minimum atomic E-state index is -0.369. The van der Waals surface area contributed by atoms with Crippen LogP contribution in [0.4, 0.5) is 5.69 Å². The molecule has 0 bridgehead atoms. The fourth-order valence-electron chi connectivity index (χ4n) is 2.26. The summed E-state index contributed by atoms with van der Waals surface area (Å²) >= 11 is 0. The summed E-state index contributed by atoms with van der Waals surface area (Å²) in [5.41, 5.74) is 1.52. The summed E-state index contributed by atoms with van der Waals surface area (Å²) in [6.45, 7) is 5.81. The average Bonchev–Trinajstić information content (AvgIpc) is 2.70. The van der Waals surface area contributed by atoms with E-state index in [1.54, 1.807) is 48.5 Å². The molecule has 0 radical (unpaired) electrons. The molecule has 2 rings (SSSR count). The fourth-order valence-corrected chi connectivity index (χ4v) is 2.26. The zero-order chi connectivity index (χ0) is 19.5. The third-order valence-corrected chi connectivity index (χ3v) is 3.61. The zero-order valence-electron chi connectivity index (χ0n) is 15.7. The van der Waals surface area contributed by atoms with Crippen molar-refractivity contribution in [2.75, 3.05) is 31.7 Å². The molecule has 0 aliphatic carbocycles. The molecule has 0 spiro atoms. The van der Waals surface area contributed by atoms with Gasteiger partial charge in [-0.25, -0.2) is 4.79 Å². The number of ether oxygens (including phenoxy) is 3. The highest BCUT2D eigenvalue weighted by atomic mass is 16.5. The van der Waals surface area contributed by atoms with Crippen LogP contribution in [0.3, 0.4) is 0 Å². The molecule has 144 valence electrons. The Morgan fingerprint density at radius 2 is 1.70 bits per heavy atom. The van der Waals surface area contributed by atoms with Crippen LogP contribution in [0.5, 0.6) is 5.75 Å². The first-order valence-corrected chi connectivity index (χ1v) is 9.03. The average molecular weight is 371 g/mol.